The van der Waals surface area contributed by atoms with Crippen LogP contribution in [0.2, 0.25) is 0 Å². The number of rotatable bonds is 5. The van der Waals surface area contributed by atoms with E-state index in [4.69, 9.17) is 0 Å². The van der Waals surface area contributed by atoms with Crippen LogP contribution in [0.5, 0.6) is 0 Å². The first kappa shape index (κ1) is 35.9. The summed E-state index contributed by atoms with van der Waals surface area (Å²) < 4.78 is 0. The lowest BCUT2D eigenvalue weighted by Gasteiger charge is -2.32. The summed E-state index contributed by atoms with van der Waals surface area (Å²) in [5.41, 5.74) is 27.0. The second kappa shape index (κ2) is 13.3. The Kier molecular flexibility index (Phi) is 7.82. The highest BCUT2D eigenvalue weighted by molar-refractivity contribution is 5.96. The maximum atomic E-state index is 2.50. The van der Waals surface area contributed by atoms with E-state index in [9.17, 15) is 0 Å². The van der Waals surface area contributed by atoms with E-state index >= 15 is 0 Å². The van der Waals surface area contributed by atoms with Crippen LogP contribution in [0, 0.1) is 6.92 Å². The van der Waals surface area contributed by atoms with E-state index in [2.05, 4.69) is 221 Å². The van der Waals surface area contributed by atoms with Gasteiger partial charge in [0.1, 0.15) is 0 Å². The van der Waals surface area contributed by atoms with Crippen LogP contribution in [0.1, 0.15) is 78.1 Å². The van der Waals surface area contributed by atoms with Gasteiger partial charge in [0, 0.05) is 22.5 Å². The van der Waals surface area contributed by atoms with E-state index < -0.39 is 5.41 Å². The van der Waals surface area contributed by atoms with Crippen LogP contribution in [0.15, 0.2) is 194 Å². The van der Waals surface area contributed by atoms with Gasteiger partial charge in [0.15, 0.2) is 0 Å². The minimum Gasteiger partial charge on any atom is -0.310 e. The van der Waals surface area contributed by atoms with Gasteiger partial charge in [-0.3, -0.25) is 0 Å². The number of hydrogen-bond acceptors (Lipinski definition) is 1. The standard InChI is InChI=1S/C60H47N/c1-38-15-5-6-16-45(38)46-32-30-43(35-39(46)2)61(42-28-25-40(26-29-42)41-27-34-54-52(36-41)50-20-7-11-21-53(50)59(54,3)4)44-31-33-51-49-19-10-14-24-57(49)60(58(51)37-44)55-22-12-8-17-47(55)48-18-9-13-23-56(48)60/h7-37H,5-6H2,1-4H3. The molecule has 292 valence electrons. The first-order valence-electron chi connectivity index (χ1n) is 21.9. The molecule has 1 spiro atoms. The Balaban J connectivity index is 1.03. The molecule has 0 fully saturated rings. The summed E-state index contributed by atoms with van der Waals surface area (Å²) in [6.45, 7) is 9.23. The number of nitrogens with zero attached hydrogens (tertiary/aromatic N) is 1. The van der Waals surface area contributed by atoms with Crippen LogP contribution in [0.4, 0.5) is 17.1 Å². The van der Waals surface area contributed by atoms with Gasteiger partial charge in [0.05, 0.1) is 5.41 Å². The molecule has 0 saturated carbocycles. The third-order valence-corrected chi connectivity index (χ3v) is 14.4. The molecule has 4 aliphatic rings. The summed E-state index contributed by atoms with van der Waals surface area (Å²) in [5, 5.41) is 0. The van der Waals surface area contributed by atoms with Gasteiger partial charge in [-0.15, -0.1) is 0 Å². The molecule has 0 radical (unpaired) electrons. The molecule has 1 nitrogen and oxygen atoms in total. The first-order valence-corrected chi connectivity index (χ1v) is 21.9. The smallest absolute Gasteiger partial charge is 0.0726 e. The lowest BCUT2D eigenvalue weighted by atomic mass is 9.70. The van der Waals surface area contributed by atoms with Crippen molar-refractivity contribution in [2.45, 2.75) is 51.4 Å². The predicted octanol–water partition coefficient (Wildman–Crippen LogP) is 15.9. The second-order valence-corrected chi connectivity index (χ2v) is 18.0. The zero-order valence-corrected chi connectivity index (χ0v) is 35.3. The molecule has 0 unspecified atom stereocenters. The monoisotopic (exact) mass is 781 g/mol. The van der Waals surface area contributed by atoms with E-state index in [0.717, 1.165) is 29.9 Å². The third kappa shape index (κ3) is 5.07. The van der Waals surface area contributed by atoms with Gasteiger partial charge in [-0.1, -0.05) is 159 Å². The first-order chi connectivity index (χ1) is 29.8. The molecule has 0 bridgehead atoms. The second-order valence-electron chi connectivity index (χ2n) is 18.0. The molecule has 8 aromatic rings. The summed E-state index contributed by atoms with van der Waals surface area (Å²) in [6, 6.07) is 66.8. The van der Waals surface area contributed by atoms with Crippen LogP contribution in [-0.4, -0.2) is 0 Å². The molecule has 0 aromatic heterocycles. The highest BCUT2D eigenvalue weighted by Gasteiger charge is 2.51. The van der Waals surface area contributed by atoms with Gasteiger partial charge in [0.2, 0.25) is 0 Å². The van der Waals surface area contributed by atoms with Gasteiger partial charge in [0.25, 0.3) is 0 Å². The molecule has 0 aliphatic heterocycles. The Morgan fingerprint density at radius 3 is 1.46 bits per heavy atom. The van der Waals surface area contributed by atoms with Crippen LogP contribution >= 0.6 is 0 Å². The molecule has 61 heavy (non-hydrogen) atoms. The van der Waals surface area contributed by atoms with Gasteiger partial charge >= 0.3 is 0 Å². The van der Waals surface area contributed by atoms with E-state index in [1.165, 1.54) is 100 Å². The largest absolute Gasteiger partial charge is 0.310 e. The molecule has 0 heterocycles. The van der Waals surface area contributed by atoms with Gasteiger partial charge < -0.3 is 4.90 Å². The lowest BCUT2D eigenvalue weighted by Crippen LogP contribution is -2.26. The summed E-state index contributed by atoms with van der Waals surface area (Å²) in [7, 11) is 0. The Labute approximate surface area is 360 Å². The van der Waals surface area contributed by atoms with Gasteiger partial charge in [-0.25, -0.2) is 0 Å². The molecule has 0 atom stereocenters. The summed E-state index contributed by atoms with van der Waals surface area (Å²) in [6.07, 6.45) is 7.01. The molecule has 12 rings (SSSR count). The van der Waals surface area contributed by atoms with Crippen molar-refractivity contribution in [1.82, 2.24) is 0 Å². The minimum atomic E-state index is -0.414. The van der Waals surface area contributed by atoms with Crippen molar-refractivity contribution in [1.29, 1.82) is 0 Å². The molecular formula is C60H47N. The predicted molar refractivity (Wildman–Crippen MR) is 256 cm³/mol. The summed E-state index contributed by atoms with van der Waals surface area (Å²) in [5.74, 6) is 0. The zero-order chi connectivity index (χ0) is 41.0. The third-order valence-electron chi connectivity index (χ3n) is 14.4. The fourth-order valence-corrected chi connectivity index (χ4v) is 11.6. The Bertz CT molecular complexity index is 3120. The molecule has 8 aromatic carbocycles. The Hall–Kier alpha value is -6.96. The average molecular weight is 782 g/mol. The normalized spacial score (nSPS) is 15.5. The molecule has 0 saturated heterocycles. The number of hydrogen-bond donors (Lipinski definition) is 0. The summed E-state index contributed by atoms with van der Waals surface area (Å²) in [4.78, 5) is 2.48. The van der Waals surface area contributed by atoms with E-state index in [1.807, 2.05) is 0 Å². The van der Waals surface area contributed by atoms with Crippen molar-refractivity contribution in [3.8, 4) is 44.5 Å². The molecule has 0 N–H and O–H groups in total. The minimum absolute atomic E-state index is 0.0105. The van der Waals surface area contributed by atoms with Gasteiger partial charge in [-0.05, 0) is 169 Å². The fraction of sp³-hybridized carbons (Fsp3) is 0.133. The van der Waals surface area contributed by atoms with Crippen molar-refractivity contribution < 1.29 is 0 Å². The van der Waals surface area contributed by atoms with Crippen LogP contribution in [0.25, 0.3) is 50.1 Å². The van der Waals surface area contributed by atoms with E-state index in [1.54, 1.807) is 0 Å². The number of allylic oxidation sites excluding steroid dienone is 4. The topological polar surface area (TPSA) is 3.24 Å². The van der Waals surface area contributed by atoms with Crippen LogP contribution < -0.4 is 4.90 Å². The number of benzene rings is 8. The molecule has 1 heteroatoms. The quantitative estimate of drug-likeness (QED) is 0.168. The molecule has 4 aliphatic carbocycles. The Morgan fingerprint density at radius 2 is 0.852 bits per heavy atom. The van der Waals surface area contributed by atoms with Crippen molar-refractivity contribution >= 4 is 22.6 Å². The highest BCUT2D eigenvalue weighted by Crippen LogP contribution is 2.63. The van der Waals surface area contributed by atoms with Gasteiger partial charge in [-0.2, -0.15) is 0 Å². The SMILES string of the molecule is CC1=CCCC=C1c1ccc(N(c2ccc(-c3ccc4c(c3)-c3ccccc3C4(C)C)cc2)c2ccc3c(c2)C2(c4ccccc4-c4ccccc42)c2ccccc2-3)cc1C. The average Bonchev–Trinajstić information content (AvgIpc) is 3.85. The number of aryl methyl sites for hydroxylation is 1. The maximum absolute atomic E-state index is 2.50. The van der Waals surface area contributed by atoms with Crippen molar-refractivity contribution in [2.24, 2.45) is 0 Å². The molecule has 0 amide bonds. The van der Waals surface area contributed by atoms with Crippen molar-refractivity contribution in [2.75, 3.05) is 4.90 Å². The van der Waals surface area contributed by atoms with Crippen molar-refractivity contribution in [3.63, 3.8) is 0 Å². The lowest BCUT2D eigenvalue weighted by molar-refractivity contribution is 0.660. The summed E-state index contributed by atoms with van der Waals surface area (Å²) >= 11 is 0. The molecular weight excluding hydrogens is 735 g/mol. The maximum Gasteiger partial charge on any atom is 0.0726 e. The number of anilines is 3. The van der Waals surface area contributed by atoms with E-state index in [0.29, 0.717) is 0 Å². The van der Waals surface area contributed by atoms with Crippen LogP contribution in [0.3, 0.4) is 0 Å². The van der Waals surface area contributed by atoms with Crippen molar-refractivity contribution in [3.05, 3.63) is 238 Å². The van der Waals surface area contributed by atoms with E-state index in [-0.39, 0.29) is 5.41 Å². The van der Waals surface area contributed by atoms with Crippen LogP contribution in [-0.2, 0) is 10.8 Å². The zero-order valence-electron chi connectivity index (χ0n) is 35.3. The Morgan fingerprint density at radius 1 is 0.377 bits per heavy atom. The highest BCUT2D eigenvalue weighted by atomic mass is 15.1. The fourth-order valence-electron chi connectivity index (χ4n) is 11.6. The number of fused-ring (bicyclic) bond motifs is 13.